The first-order valence-electron chi connectivity index (χ1n) is 17.4. The van der Waals surface area contributed by atoms with Crippen molar-refractivity contribution in [2.45, 2.75) is 0 Å². The zero-order valence-corrected chi connectivity index (χ0v) is 29.0. The average Bonchev–Trinajstić information content (AvgIpc) is 3.61. The highest BCUT2D eigenvalue weighted by Crippen LogP contribution is 2.38. The Balaban J connectivity index is 1.09. The van der Waals surface area contributed by atoms with E-state index in [0.717, 1.165) is 66.4 Å². The summed E-state index contributed by atoms with van der Waals surface area (Å²) in [6, 6.07) is 48.6. The molecule has 9 heteroatoms. The van der Waals surface area contributed by atoms with E-state index in [1.54, 1.807) is 0 Å². The first kappa shape index (κ1) is 33.5. The fourth-order valence-corrected chi connectivity index (χ4v) is 6.97. The Morgan fingerprint density at radius 3 is 1.37 bits per heavy atom. The minimum Gasteiger partial charge on any atom is -0.456 e. The maximum Gasteiger partial charge on any atom is 0.164 e. The van der Waals surface area contributed by atoms with Crippen molar-refractivity contribution < 1.29 is 4.42 Å². The summed E-state index contributed by atoms with van der Waals surface area (Å²) in [5, 5.41) is 1.92. The van der Waals surface area contributed by atoms with Crippen LogP contribution in [-0.2, 0) is 0 Å². The van der Waals surface area contributed by atoms with Crippen LogP contribution in [0.25, 0.3) is 89.5 Å². The third-order valence-corrected chi connectivity index (χ3v) is 9.86. The smallest absolute Gasteiger partial charge is 0.164 e. The van der Waals surface area contributed by atoms with Gasteiger partial charge in [0.2, 0.25) is 0 Å². The first-order valence-corrected chi connectivity index (χ1v) is 17.4. The average molecular weight is 677 g/mol. The lowest BCUT2D eigenvalue weighted by atomic mass is 9.59. The van der Waals surface area contributed by atoms with Crippen molar-refractivity contribution in [1.29, 1.82) is 0 Å². The molecule has 7 aromatic carbocycles. The molecule has 2 heterocycles. The number of benzene rings is 7. The summed E-state index contributed by atoms with van der Waals surface area (Å²) in [6.07, 6.45) is 0. The van der Waals surface area contributed by atoms with E-state index in [4.69, 9.17) is 58.6 Å². The van der Waals surface area contributed by atoms with Gasteiger partial charge < -0.3 is 4.42 Å². The number of nitrogens with zero attached hydrogens (tertiary/aromatic N) is 3. The van der Waals surface area contributed by atoms with E-state index in [1.165, 1.54) is 0 Å². The third-order valence-electron chi connectivity index (χ3n) is 9.86. The largest absolute Gasteiger partial charge is 0.456 e. The van der Waals surface area contributed by atoms with Crippen LogP contribution in [0.5, 0.6) is 0 Å². The molecule has 54 heavy (non-hydrogen) atoms. The van der Waals surface area contributed by atoms with Crippen molar-refractivity contribution in [3.05, 3.63) is 146 Å². The molecule has 0 atom stereocenters. The number of aromatic nitrogens is 3. The molecule has 0 N–H and O–H groups in total. The second-order valence-electron chi connectivity index (χ2n) is 13.1. The Morgan fingerprint density at radius 2 is 0.815 bits per heavy atom. The quantitative estimate of drug-likeness (QED) is 0.211. The maximum atomic E-state index is 6.38. The van der Waals surface area contributed by atoms with Gasteiger partial charge in [-0.1, -0.05) is 138 Å². The van der Waals surface area contributed by atoms with Crippen molar-refractivity contribution in [1.82, 2.24) is 15.0 Å². The second-order valence-corrected chi connectivity index (χ2v) is 13.1. The van der Waals surface area contributed by atoms with E-state index in [-0.39, 0.29) is 16.4 Å². The maximum absolute atomic E-state index is 6.38. The molecule has 2 aromatic heterocycles. The second kappa shape index (κ2) is 13.6. The molecule has 0 amide bonds. The number of hydrogen-bond acceptors (Lipinski definition) is 4. The summed E-state index contributed by atoms with van der Waals surface area (Å²) < 4.78 is 6.38. The van der Waals surface area contributed by atoms with Gasteiger partial charge in [-0.2, -0.15) is 0 Å². The molecule has 0 fully saturated rings. The van der Waals surface area contributed by atoms with Crippen LogP contribution in [0.15, 0.2) is 150 Å². The molecule has 4 nitrogen and oxygen atoms in total. The molecule has 10 radical (unpaired) electrons. The van der Waals surface area contributed by atoms with Gasteiger partial charge >= 0.3 is 0 Å². The van der Waals surface area contributed by atoms with Crippen LogP contribution in [0.3, 0.4) is 0 Å². The van der Waals surface area contributed by atoms with E-state index in [2.05, 4.69) is 36.4 Å². The van der Waals surface area contributed by atoms with Gasteiger partial charge in [-0.3, -0.25) is 0 Å². The molecule has 0 spiro atoms. The normalized spacial score (nSPS) is 11.3. The molecule has 0 aliphatic heterocycles. The summed E-state index contributed by atoms with van der Waals surface area (Å²) in [7, 11) is 30.8. The molecule has 9 rings (SSSR count). The van der Waals surface area contributed by atoms with Gasteiger partial charge in [0.1, 0.15) is 50.4 Å². The van der Waals surface area contributed by atoms with E-state index in [1.807, 2.05) is 109 Å². The Hall–Kier alpha value is -6.33. The molecule has 0 saturated carbocycles. The van der Waals surface area contributed by atoms with Crippen molar-refractivity contribution in [2.75, 3.05) is 0 Å². The van der Waals surface area contributed by atoms with Crippen LogP contribution in [0, 0.1) is 0 Å². The summed E-state index contributed by atoms with van der Waals surface area (Å²) >= 11 is 0. The van der Waals surface area contributed by atoms with Gasteiger partial charge in [-0.15, -0.1) is 16.4 Å². The van der Waals surface area contributed by atoms with E-state index < -0.39 is 0 Å². The number of rotatable bonds is 6. The van der Waals surface area contributed by atoms with Crippen molar-refractivity contribution in [2.24, 2.45) is 0 Å². The van der Waals surface area contributed by atoms with Crippen LogP contribution in [0.2, 0.25) is 0 Å². The van der Waals surface area contributed by atoms with Gasteiger partial charge in [0.15, 0.2) is 17.5 Å². The van der Waals surface area contributed by atoms with Crippen LogP contribution in [0.4, 0.5) is 0 Å². The van der Waals surface area contributed by atoms with Gasteiger partial charge in [0.05, 0.1) is 0 Å². The van der Waals surface area contributed by atoms with Crippen LogP contribution in [-0.4, -0.2) is 54.2 Å². The minimum absolute atomic E-state index is 0.198. The number of hydrogen-bond donors (Lipinski definition) is 0. The summed E-state index contributed by atoms with van der Waals surface area (Å²) in [5.74, 6) is 1.78. The van der Waals surface area contributed by atoms with Gasteiger partial charge in [-0.25, -0.2) is 15.0 Å². The molecule has 9 aromatic rings. The Labute approximate surface area is 319 Å². The molecule has 0 unspecified atom stereocenters. The van der Waals surface area contributed by atoms with Crippen LogP contribution >= 0.6 is 0 Å². The monoisotopic (exact) mass is 677 g/mol. The first-order chi connectivity index (χ1) is 26.3. The van der Waals surface area contributed by atoms with Gasteiger partial charge in [0.25, 0.3) is 0 Å². The topological polar surface area (TPSA) is 51.8 Å². The van der Waals surface area contributed by atoms with Crippen LogP contribution in [0.1, 0.15) is 0 Å². The highest BCUT2D eigenvalue weighted by atomic mass is 16.3. The fourth-order valence-electron chi connectivity index (χ4n) is 6.97. The SMILES string of the molecule is [B]c1c([B])c([B])c(-c2ccc(-c3ccc(-c4ccc5oc6cccc(-c7nc(-c8ccccc8)nc(-c8ccccc8)n7)c6c5c4)cc3)cc2)c([B])c1[B]. The van der Waals surface area contributed by atoms with E-state index >= 15 is 0 Å². The molecule has 0 aliphatic rings. The van der Waals surface area contributed by atoms with Gasteiger partial charge in [0, 0.05) is 27.5 Å². The summed E-state index contributed by atoms with van der Waals surface area (Å²) in [6.45, 7) is 0. The zero-order valence-electron chi connectivity index (χ0n) is 29.0. The lowest BCUT2D eigenvalue weighted by molar-refractivity contribution is 0.669. The Bertz CT molecular complexity index is 2770. The lowest BCUT2D eigenvalue weighted by Crippen LogP contribution is -2.55. The molecule has 0 bridgehead atoms. The Kier molecular flexibility index (Phi) is 8.43. The molecule has 0 saturated heterocycles. The summed E-state index contributed by atoms with van der Waals surface area (Å²) in [4.78, 5) is 14.9. The molecular formula is C45H24B5N3O. The van der Waals surface area contributed by atoms with Crippen molar-refractivity contribution >= 4 is 88.5 Å². The predicted molar refractivity (Wildman–Crippen MR) is 227 cm³/mol. The highest BCUT2D eigenvalue weighted by Gasteiger charge is 2.19. The molecule has 0 aliphatic carbocycles. The summed E-state index contributed by atoms with van der Waals surface area (Å²) in [5.41, 5.74) is 11.1. The zero-order chi connectivity index (χ0) is 36.9. The number of fused-ring (bicyclic) bond motifs is 3. The van der Waals surface area contributed by atoms with Crippen molar-refractivity contribution in [3.63, 3.8) is 0 Å². The third kappa shape index (κ3) is 5.86. The Morgan fingerprint density at radius 1 is 0.352 bits per heavy atom. The highest BCUT2D eigenvalue weighted by molar-refractivity contribution is 6.68. The lowest BCUT2D eigenvalue weighted by Gasteiger charge is -2.21. The number of furan rings is 1. The van der Waals surface area contributed by atoms with Crippen molar-refractivity contribution in [3.8, 4) is 67.5 Å². The molecular weight excluding hydrogens is 653 g/mol. The standard InChI is InChI=1S/C45H24B5N3O/c46-38-36(39(47)41(49)42(50)40(38)48)28-20-18-26(19-21-28)25-14-16-27(17-15-25)31-22-23-34-33(24-31)37-32(12-7-13-35(37)54-34)45-52-43(29-8-3-1-4-9-29)51-44(53-45)30-10-5-2-6-11-30/h1-24H. The fraction of sp³-hybridized carbons (Fsp3) is 0. The predicted octanol–water partition coefficient (Wildman–Crippen LogP) is 5.74. The van der Waals surface area contributed by atoms with E-state index in [0.29, 0.717) is 34.0 Å². The minimum atomic E-state index is 0.198. The molecule has 240 valence electrons. The van der Waals surface area contributed by atoms with Gasteiger partial charge in [-0.05, 0) is 51.6 Å². The van der Waals surface area contributed by atoms with Crippen LogP contribution < -0.4 is 27.3 Å². The van der Waals surface area contributed by atoms with E-state index in [9.17, 15) is 0 Å².